The third-order valence-corrected chi connectivity index (χ3v) is 2.90. The fraction of sp³-hybridized carbons (Fsp3) is 0.231. The molecule has 6 heteroatoms. The number of aromatic nitrogens is 1. The molecule has 0 fully saturated rings. The summed E-state index contributed by atoms with van der Waals surface area (Å²) in [7, 11) is 1.32. The number of esters is 1. The molecule has 0 aliphatic carbocycles. The number of nitrogens with zero attached hydrogens (tertiary/aromatic N) is 1. The summed E-state index contributed by atoms with van der Waals surface area (Å²) in [5, 5.41) is 0.630. The Kier molecular flexibility index (Phi) is 2.63. The minimum absolute atomic E-state index is 0.254. The number of nitrogens with two attached hydrogens (primary N) is 1. The van der Waals surface area contributed by atoms with Gasteiger partial charge in [0.25, 0.3) is 0 Å². The van der Waals surface area contributed by atoms with Crippen molar-refractivity contribution in [3.05, 3.63) is 23.8 Å². The molecule has 1 aromatic heterocycles. The zero-order valence-electron chi connectivity index (χ0n) is 10.3. The summed E-state index contributed by atoms with van der Waals surface area (Å²) in [6, 6.07) is 4.93. The highest BCUT2D eigenvalue weighted by atomic mass is 16.6. The number of hydrogen-bond acceptors (Lipinski definition) is 6. The van der Waals surface area contributed by atoms with E-state index in [4.69, 9.17) is 19.9 Å². The Hall–Kier alpha value is -2.50. The maximum absolute atomic E-state index is 11.8. The van der Waals surface area contributed by atoms with Crippen LogP contribution in [-0.2, 0) is 4.74 Å². The topological polar surface area (TPSA) is 83.7 Å². The van der Waals surface area contributed by atoms with E-state index in [9.17, 15) is 4.79 Å². The Morgan fingerprint density at radius 3 is 2.63 bits per heavy atom. The van der Waals surface area contributed by atoms with Crippen LogP contribution in [0.5, 0.6) is 11.5 Å². The van der Waals surface area contributed by atoms with E-state index in [0.29, 0.717) is 41.2 Å². The summed E-state index contributed by atoms with van der Waals surface area (Å²) in [5.41, 5.74) is 6.64. The third-order valence-electron chi connectivity index (χ3n) is 2.90. The van der Waals surface area contributed by atoms with Gasteiger partial charge in [0.15, 0.2) is 11.5 Å². The minimum atomic E-state index is -0.462. The molecular weight excluding hydrogens is 248 g/mol. The molecule has 2 heterocycles. The number of pyridine rings is 1. The van der Waals surface area contributed by atoms with Crippen LogP contribution in [0.15, 0.2) is 18.2 Å². The van der Waals surface area contributed by atoms with Gasteiger partial charge < -0.3 is 19.9 Å². The van der Waals surface area contributed by atoms with Crippen molar-refractivity contribution in [3.8, 4) is 11.5 Å². The van der Waals surface area contributed by atoms with Crippen molar-refractivity contribution >= 4 is 22.7 Å². The molecule has 6 nitrogen and oxygen atoms in total. The number of rotatable bonds is 1. The number of hydrogen-bond donors (Lipinski definition) is 1. The van der Waals surface area contributed by atoms with Gasteiger partial charge in [-0.3, -0.25) is 0 Å². The van der Waals surface area contributed by atoms with Crippen LogP contribution < -0.4 is 15.2 Å². The molecule has 1 aliphatic rings. The van der Waals surface area contributed by atoms with Crippen LogP contribution in [-0.4, -0.2) is 31.3 Å². The predicted octanol–water partition coefficient (Wildman–Crippen LogP) is 1.37. The number of carbonyl (C=O) groups excluding carboxylic acids is 1. The first-order valence-electron chi connectivity index (χ1n) is 5.77. The molecule has 0 atom stereocenters. The molecule has 0 saturated carbocycles. The SMILES string of the molecule is COC(=O)c1cc(N)nc2cc3c(cc12)OCCO3. The molecule has 98 valence electrons. The number of ether oxygens (including phenoxy) is 3. The highest BCUT2D eigenvalue weighted by Gasteiger charge is 2.18. The van der Waals surface area contributed by atoms with Gasteiger partial charge in [0.2, 0.25) is 0 Å². The van der Waals surface area contributed by atoms with Gasteiger partial charge in [0.1, 0.15) is 19.0 Å². The normalized spacial score (nSPS) is 13.3. The summed E-state index contributed by atoms with van der Waals surface area (Å²) >= 11 is 0. The lowest BCUT2D eigenvalue weighted by atomic mass is 10.1. The van der Waals surface area contributed by atoms with Crippen molar-refractivity contribution in [2.45, 2.75) is 0 Å². The number of methoxy groups -OCH3 is 1. The average Bonchev–Trinajstić information content (AvgIpc) is 2.43. The van der Waals surface area contributed by atoms with Gasteiger partial charge in [0.05, 0.1) is 18.2 Å². The molecule has 2 aromatic rings. The highest BCUT2D eigenvalue weighted by molar-refractivity contribution is 6.05. The fourth-order valence-electron chi connectivity index (χ4n) is 2.06. The molecule has 2 N–H and O–H groups in total. The molecule has 0 radical (unpaired) electrons. The Bertz CT molecular complexity index is 669. The van der Waals surface area contributed by atoms with Crippen LogP contribution in [0, 0.1) is 0 Å². The number of carbonyl (C=O) groups is 1. The van der Waals surface area contributed by atoms with E-state index in [-0.39, 0.29) is 5.82 Å². The lowest BCUT2D eigenvalue weighted by Gasteiger charge is -2.19. The minimum Gasteiger partial charge on any atom is -0.486 e. The maximum Gasteiger partial charge on any atom is 0.338 e. The zero-order chi connectivity index (χ0) is 13.4. The summed E-state index contributed by atoms with van der Waals surface area (Å²) in [5.74, 6) is 0.989. The lowest BCUT2D eigenvalue weighted by molar-refractivity contribution is 0.0603. The van der Waals surface area contributed by atoms with Crippen molar-refractivity contribution in [2.24, 2.45) is 0 Å². The Morgan fingerprint density at radius 1 is 1.26 bits per heavy atom. The number of benzene rings is 1. The molecule has 1 aromatic carbocycles. The largest absolute Gasteiger partial charge is 0.486 e. The van der Waals surface area contributed by atoms with Gasteiger partial charge in [-0.05, 0) is 12.1 Å². The molecule has 0 amide bonds. The molecule has 0 bridgehead atoms. The predicted molar refractivity (Wildman–Crippen MR) is 68.5 cm³/mol. The third kappa shape index (κ3) is 1.91. The van der Waals surface area contributed by atoms with Crippen molar-refractivity contribution in [2.75, 3.05) is 26.1 Å². The first-order valence-corrected chi connectivity index (χ1v) is 5.77. The smallest absolute Gasteiger partial charge is 0.338 e. The van der Waals surface area contributed by atoms with Gasteiger partial charge in [-0.15, -0.1) is 0 Å². The summed E-state index contributed by atoms with van der Waals surface area (Å²) in [6.45, 7) is 0.971. The Morgan fingerprint density at radius 2 is 1.95 bits per heavy atom. The van der Waals surface area contributed by atoms with Crippen LogP contribution >= 0.6 is 0 Å². The molecule has 0 unspecified atom stereocenters. The van der Waals surface area contributed by atoms with Crippen LogP contribution in [0.4, 0.5) is 5.82 Å². The van der Waals surface area contributed by atoms with E-state index in [2.05, 4.69) is 4.98 Å². The van der Waals surface area contributed by atoms with Gasteiger partial charge in [-0.1, -0.05) is 0 Å². The first-order chi connectivity index (χ1) is 9.19. The standard InChI is InChI=1S/C13H12N2O4/c1-17-13(16)8-5-12(14)15-9-6-11-10(4-7(8)9)18-2-3-19-11/h4-6H,2-3H2,1H3,(H2,14,15). The molecular formula is C13H12N2O4. The fourth-order valence-corrected chi connectivity index (χ4v) is 2.06. The second-order valence-electron chi connectivity index (χ2n) is 4.10. The molecule has 0 saturated heterocycles. The number of anilines is 1. The van der Waals surface area contributed by atoms with Crippen LogP contribution in [0.2, 0.25) is 0 Å². The lowest BCUT2D eigenvalue weighted by Crippen LogP contribution is -2.15. The average molecular weight is 260 g/mol. The van der Waals surface area contributed by atoms with Crippen molar-refractivity contribution in [1.82, 2.24) is 4.98 Å². The van der Waals surface area contributed by atoms with Crippen molar-refractivity contribution in [1.29, 1.82) is 0 Å². The van der Waals surface area contributed by atoms with Crippen LogP contribution in [0.1, 0.15) is 10.4 Å². The van der Waals surface area contributed by atoms with E-state index >= 15 is 0 Å². The maximum atomic E-state index is 11.8. The number of nitrogen functional groups attached to an aromatic ring is 1. The summed E-state index contributed by atoms with van der Waals surface area (Å²) in [4.78, 5) is 16.0. The van der Waals surface area contributed by atoms with Gasteiger partial charge in [-0.25, -0.2) is 9.78 Å². The van der Waals surface area contributed by atoms with Crippen molar-refractivity contribution in [3.63, 3.8) is 0 Å². The van der Waals surface area contributed by atoms with E-state index in [1.54, 1.807) is 12.1 Å². The van der Waals surface area contributed by atoms with E-state index in [0.717, 1.165) is 0 Å². The van der Waals surface area contributed by atoms with Crippen LogP contribution in [0.3, 0.4) is 0 Å². The molecule has 19 heavy (non-hydrogen) atoms. The summed E-state index contributed by atoms with van der Waals surface area (Å²) < 4.78 is 15.7. The monoisotopic (exact) mass is 260 g/mol. The van der Waals surface area contributed by atoms with E-state index in [1.807, 2.05) is 0 Å². The van der Waals surface area contributed by atoms with Crippen LogP contribution in [0.25, 0.3) is 10.9 Å². The quantitative estimate of drug-likeness (QED) is 0.780. The van der Waals surface area contributed by atoms with Gasteiger partial charge >= 0.3 is 5.97 Å². The Balaban J connectivity index is 2.28. The highest BCUT2D eigenvalue weighted by Crippen LogP contribution is 2.35. The summed E-state index contributed by atoms with van der Waals surface area (Å²) in [6.07, 6.45) is 0. The number of fused-ring (bicyclic) bond motifs is 2. The van der Waals surface area contributed by atoms with Gasteiger partial charge in [-0.2, -0.15) is 0 Å². The van der Waals surface area contributed by atoms with E-state index < -0.39 is 5.97 Å². The second kappa shape index (κ2) is 4.31. The first kappa shape index (κ1) is 11.6. The van der Waals surface area contributed by atoms with E-state index in [1.165, 1.54) is 13.2 Å². The zero-order valence-corrected chi connectivity index (χ0v) is 10.3. The molecule has 1 aliphatic heterocycles. The molecule has 3 rings (SSSR count). The Labute approximate surface area is 109 Å². The van der Waals surface area contributed by atoms with Crippen molar-refractivity contribution < 1.29 is 19.0 Å². The van der Waals surface area contributed by atoms with Gasteiger partial charge in [0, 0.05) is 11.5 Å². The second-order valence-corrected chi connectivity index (χ2v) is 4.10. The molecule has 0 spiro atoms.